The number of carbonyl (C=O) groups excluding carboxylic acids is 2. The summed E-state index contributed by atoms with van der Waals surface area (Å²) in [6.45, 7) is 1.88. The zero-order valence-electron chi connectivity index (χ0n) is 18.0. The third-order valence-corrected chi connectivity index (χ3v) is 7.72. The molecular weight excluding hydrogens is 412 g/mol. The predicted octanol–water partition coefficient (Wildman–Crippen LogP) is 4.43. The normalized spacial score (nSPS) is 30.4. The highest BCUT2D eigenvalue weighted by Gasteiger charge is 2.55. The second kappa shape index (κ2) is 7.77. The van der Waals surface area contributed by atoms with Gasteiger partial charge in [-0.25, -0.2) is 8.78 Å². The van der Waals surface area contributed by atoms with Crippen LogP contribution in [0.1, 0.15) is 70.9 Å². The minimum atomic E-state index is -0.904. The minimum absolute atomic E-state index is 0.0536. The van der Waals surface area contributed by atoms with E-state index in [4.69, 9.17) is 0 Å². The Morgan fingerprint density at radius 1 is 1.06 bits per heavy atom. The number of rotatable bonds is 5. The number of nitrogens with one attached hydrogen (secondary N) is 1. The summed E-state index contributed by atoms with van der Waals surface area (Å²) in [7, 11) is 0. The van der Waals surface area contributed by atoms with Crippen LogP contribution in [0, 0.1) is 29.4 Å². The monoisotopic (exact) mass is 439 g/mol. The second-order valence-electron chi connectivity index (χ2n) is 9.84. The molecule has 0 spiro atoms. The quantitative estimate of drug-likeness (QED) is 0.678. The lowest BCUT2D eigenvalue weighted by molar-refractivity contribution is -0.136. The molecule has 4 nitrogen and oxygen atoms in total. The SMILES string of the molecule is CCc1cc(C(=O)c2c(F)cccc2F)ccc1C(=O)N[C@H]1C2CC3CC1C[C@](O)(C3)C2. The molecular formula is C26H27F2NO3. The van der Waals surface area contributed by atoms with Crippen molar-refractivity contribution >= 4 is 11.7 Å². The molecule has 0 radical (unpaired) electrons. The Morgan fingerprint density at radius 2 is 1.72 bits per heavy atom. The molecule has 2 unspecified atom stereocenters. The summed E-state index contributed by atoms with van der Waals surface area (Å²) in [5.41, 5.74) is 0.145. The number of halogens is 2. The Morgan fingerprint density at radius 3 is 2.31 bits per heavy atom. The van der Waals surface area contributed by atoms with Gasteiger partial charge in [0.2, 0.25) is 0 Å². The number of hydrogen-bond acceptors (Lipinski definition) is 3. The summed E-state index contributed by atoms with van der Waals surface area (Å²) in [5, 5.41) is 14.0. The smallest absolute Gasteiger partial charge is 0.251 e. The maximum Gasteiger partial charge on any atom is 0.251 e. The van der Waals surface area contributed by atoms with Crippen molar-refractivity contribution in [2.24, 2.45) is 17.8 Å². The van der Waals surface area contributed by atoms with Gasteiger partial charge in [0, 0.05) is 17.2 Å². The van der Waals surface area contributed by atoms with Crippen LogP contribution in [0.3, 0.4) is 0 Å². The second-order valence-corrected chi connectivity index (χ2v) is 9.84. The van der Waals surface area contributed by atoms with Crippen molar-refractivity contribution in [3.8, 4) is 0 Å². The molecule has 0 aliphatic heterocycles. The number of aryl methyl sites for hydroxylation is 1. The molecule has 0 aromatic heterocycles. The summed E-state index contributed by atoms with van der Waals surface area (Å²) < 4.78 is 28.1. The van der Waals surface area contributed by atoms with E-state index in [0.29, 0.717) is 35.3 Å². The molecule has 2 atom stereocenters. The van der Waals surface area contributed by atoms with E-state index in [1.165, 1.54) is 12.1 Å². The van der Waals surface area contributed by atoms with Crippen molar-refractivity contribution in [2.45, 2.75) is 57.1 Å². The van der Waals surface area contributed by atoms with Crippen LogP contribution >= 0.6 is 0 Å². The third-order valence-electron chi connectivity index (χ3n) is 7.72. The van der Waals surface area contributed by atoms with Crippen molar-refractivity contribution in [3.05, 3.63) is 70.3 Å². The molecule has 32 heavy (non-hydrogen) atoms. The molecule has 4 saturated carbocycles. The summed E-state index contributed by atoms with van der Waals surface area (Å²) in [6, 6.07) is 7.97. The van der Waals surface area contributed by atoms with Crippen LogP contribution in [-0.2, 0) is 6.42 Å². The van der Waals surface area contributed by atoms with Crippen molar-refractivity contribution in [1.29, 1.82) is 0 Å². The van der Waals surface area contributed by atoms with E-state index < -0.39 is 28.6 Å². The van der Waals surface area contributed by atoms with Crippen molar-refractivity contribution < 1.29 is 23.5 Å². The summed E-state index contributed by atoms with van der Waals surface area (Å²) in [6.07, 6.45) is 4.97. The van der Waals surface area contributed by atoms with Crippen LogP contribution in [-0.4, -0.2) is 28.4 Å². The maximum absolute atomic E-state index is 14.1. The molecule has 1 amide bonds. The molecule has 6 heteroatoms. The number of benzene rings is 2. The highest BCUT2D eigenvalue weighted by atomic mass is 19.1. The molecule has 6 rings (SSSR count). The van der Waals surface area contributed by atoms with E-state index in [1.54, 1.807) is 12.1 Å². The van der Waals surface area contributed by atoms with Crippen LogP contribution < -0.4 is 5.32 Å². The fourth-order valence-corrected chi connectivity index (χ4v) is 6.55. The number of ketones is 1. The van der Waals surface area contributed by atoms with E-state index in [-0.39, 0.29) is 17.5 Å². The first-order chi connectivity index (χ1) is 15.3. The maximum atomic E-state index is 14.1. The van der Waals surface area contributed by atoms with Gasteiger partial charge in [-0.1, -0.05) is 19.1 Å². The average Bonchev–Trinajstić information content (AvgIpc) is 2.74. The van der Waals surface area contributed by atoms with Gasteiger partial charge >= 0.3 is 0 Å². The molecule has 2 aromatic carbocycles. The van der Waals surface area contributed by atoms with Gasteiger partial charge in [-0.2, -0.15) is 0 Å². The van der Waals surface area contributed by atoms with Gasteiger partial charge in [0.15, 0.2) is 5.78 Å². The van der Waals surface area contributed by atoms with Gasteiger partial charge in [-0.15, -0.1) is 0 Å². The Balaban J connectivity index is 1.38. The molecule has 0 saturated heterocycles. The predicted molar refractivity (Wildman–Crippen MR) is 115 cm³/mol. The van der Waals surface area contributed by atoms with Gasteiger partial charge in [-0.05, 0) is 86.1 Å². The molecule has 0 heterocycles. The molecule has 168 valence electrons. The van der Waals surface area contributed by atoms with Crippen molar-refractivity contribution in [1.82, 2.24) is 5.32 Å². The van der Waals surface area contributed by atoms with Crippen LogP contribution in [0.4, 0.5) is 8.78 Å². The van der Waals surface area contributed by atoms with Crippen molar-refractivity contribution in [3.63, 3.8) is 0 Å². The topological polar surface area (TPSA) is 66.4 Å². The first kappa shape index (κ1) is 21.3. The van der Waals surface area contributed by atoms with Gasteiger partial charge in [-0.3, -0.25) is 9.59 Å². The van der Waals surface area contributed by atoms with Crippen LogP contribution in [0.15, 0.2) is 36.4 Å². The molecule has 4 aliphatic carbocycles. The molecule has 2 N–H and O–H groups in total. The highest BCUT2D eigenvalue weighted by molar-refractivity contribution is 6.10. The average molecular weight is 440 g/mol. The van der Waals surface area contributed by atoms with E-state index in [2.05, 4.69) is 5.32 Å². The van der Waals surface area contributed by atoms with Crippen molar-refractivity contribution in [2.75, 3.05) is 0 Å². The Bertz CT molecular complexity index is 1060. The zero-order chi connectivity index (χ0) is 22.6. The first-order valence-electron chi connectivity index (χ1n) is 11.4. The Labute approximate surface area is 186 Å². The van der Waals surface area contributed by atoms with Gasteiger partial charge < -0.3 is 10.4 Å². The summed E-state index contributed by atoms with van der Waals surface area (Å²) in [5.74, 6) is -1.59. The molecule has 4 fully saturated rings. The lowest BCUT2D eigenvalue weighted by Gasteiger charge is -2.58. The van der Waals surface area contributed by atoms with E-state index >= 15 is 0 Å². The lowest BCUT2D eigenvalue weighted by atomic mass is 9.52. The van der Waals surface area contributed by atoms with Crippen LogP contribution in [0.25, 0.3) is 0 Å². The molecule has 4 aliphatic rings. The van der Waals surface area contributed by atoms with Gasteiger partial charge in [0.05, 0.1) is 11.2 Å². The van der Waals surface area contributed by atoms with E-state index in [0.717, 1.165) is 44.2 Å². The van der Waals surface area contributed by atoms with Crippen LogP contribution in [0.2, 0.25) is 0 Å². The number of hydrogen-bond donors (Lipinski definition) is 2. The lowest BCUT2D eigenvalue weighted by Crippen LogP contribution is -2.61. The number of aliphatic hydroxyl groups is 1. The third kappa shape index (κ3) is 3.54. The number of amides is 1. The Hall–Kier alpha value is -2.60. The largest absolute Gasteiger partial charge is 0.390 e. The van der Waals surface area contributed by atoms with Gasteiger partial charge in [0.25, 0.3) is 5.91 Å². The summed E-state index contributed by atoms with van der Waals surface area (Å²) >= 11 is 0. The van der Waals surface area contributed by atoms with Crippen LogP contribution in [0.5, 0.6) is 0 Å². The fraction of sp³-hybridized carbons (Fsp3) is 0.462. The zero-order valence-corrected chi connectivity index (χ0v) is 18.0. The minimum Gasteiger partial charge on any atom is -0.390 e. The first-order valence-corrected chi connectivity index (χ1v) is 11.4. The highest BCUT2D eigenvalue weighted by Crippen LogP contribution is 2.55. The fourth-order valence-electron chi connectivity index (χ4n) is 6.55. The molecule has 2 aromatic rings. The van der Waals surface area contributed by atoms with E-state index in [9.17, 15) is 23.5 Å². The number of carbonyl (C=O) groups is 2. The Kier molecular flexibility index (Phi) is 5.16. The standard InChI is InChI=1S/C26H27F2NO3/c1-2-15-10-16(24(30)22-20(27)4-3-5-21(22)28)6-7-19(15)25(31)29-23-17-8-14-9-18(23)13-26(32,11-14)12-17/h3-7,10,14,17-18,23,32H,2,8-9,11-13H2,1H3,(H,29,31)/t14?,17?,18?,23-,26-. The summed E-state index contributed by atoms with van der Waals surface area (Å²) in [4.78, 5) is 25.9. The van der Waals surface area contributed by atoms with E-state index in [1.807, 2.05) is 6.92 Å². The molecule has 4 bridgehead atoms. The van der Waals surface area contributed by atoms with Gasteiger partial charge in [0.1, 0.15) is 11.6 Å².